The number of benzene rings is 2. The van der Waals surface area contributed by atoms with Gasteiger partial charge in [0, 0.05) is 40.5 Å². The number of hydrogen-bond donors (Lipinski definition) is 2. The third-order valence-corrected chi connectivity index (χ3v) is 8.00. The molecule has 3 aliphatic rings. The van der Waals surface area contributed by atoms with Crippen LogP contribution in [0, 0.1) is 23.1 Å². The van der Waals surface area contributed by atoms with Crippen LogP contribution in [0.5, 0.6) is 11.5 Å². The number of ether oxygens (including phenoxy) is 1. The van der Waals surface area contributed by atoms with E-state index < -0.39 is 12.0 Å². The molecule has 2 fully saturated rings. The summed E-state index contributed by atoms with van der Waals surface area (Å²) in [5.74, 6) is 0.377. The van der Waals surface area contributed by atoms with Crippen LogP contribution in [-0.2, 0) is 6.42 Å². The van der Waals surface area contributed by atoms with Crippen LogP contribution in [0.1, 0.15) is 56.2 Å². The van der Waals surface area contributed by atoms with Crippen LogP contribution in [0.3, 0.4) is 0 Å². The van der Waals surface area contributed by atoms with E-state index in [4.69, 9.17) is 10.00 Å². The number of nitrogens with zero attached hydrogens (tertiary/aromatic N) is 4. The number of aliphatic hydroxyl groups is 1. The summed E-state index contributed by atoms with van der Waals surface area (Å²) in [4.78, 5) is 2.11. The van der Waals surface area contributed by atoms with Crippen molar-refractivity contribution in [2.75, 3.05) is 18.0 Å². The molecule has 0 spiro atoms. The number of anilines is 1. The number of nitrogens with one attached hydrogen (secondary N) is 1. The number of aromatic nitrogens is 2. The van der Waals surface area contributed by atoms with Gasteiger partial charge in [-0.05, 0) is 88.9 Å². The molecule has 6 rings (SSSR count). The highest BCUT2D eigenvalue weighted by molar-refractivity contribution is 5.78. The molecule has 2 aliphatic heterocycles. The molecule has 8 heteroatoms. The minimum Gasteiger partial charge on any atom is -0.453 e. The Kier molecular flexibility index (Phi) is 6.35. The van der Waals surface area contributed by atoms with Gasteiger partial charge in [0.15, 0.2) is 11.6 Å². The first-order valence-electron chi connectivity index (χ1n) is 13.3. The highest BCUT2D eigenvalue weighted by Crippen LogP contribution is 2.47. The summed E-state index contributed by atoms with van der Waals surface area (Å²) in [6.07, 6.45) is 9.11. The van der Waals surface area contributed by atoms with Crippen molar-refractivity contribution in [2.24, 2.45) is 5.92 Å². The number of hydrogen-bond acceptors (Lipinski definition) is 6. The Labute approximate surface area is 216 Å². The van der Waals surface area contributed by atoms with E-state index in [0.29, 0.717) is 11.8 Å². The monoisotopic (exact) mass is 501 g/mol. The van der Waals surface area contributed by atoms with Gasteiger partial charge in [-0.25, -0.2) is 4.39 Å². The topological polar surface area (TPSA) is 86.3 Å². The quantitative estimate of drug-likeness (QED) is 0.486. The maximum absolute atomic E-state index is 15.0. The molecular formula is C29H32FN5O2. The summed E-state index contributed by atoms with van der Waals surface area (Å²) < 4.78 is 23.3. The van der Waals surface area contributed by atoms with Crippen LogP contribution in [0.2, 0.25) is 0 Å². The van der Waals surface area contributed by atoms with E-state index in [2.05, 4.69) is 34.5 Å². The van der Waals surface area contributed by atoms with Gasteiger partial charge >= 0.3 is 0 Å². The number of nitriles is 1. The zero-order valence-electron chi connectivity index (χ0n) is 21.0. The molecule has 1 aromatic heterocycles. The summed E-state index contributed by atoms with van der Waals surface area (Å²) in [6, 6.07) is 10.9. The Morgan fingerprint density at radius 1 is 1.16 bits per heavy atom. The number of piperidine rings is 1. The van der Waals surface area contributed by atoms with E-state index in [9.17, 15) is 9.50 Å². The largest absolute Gasteiger partial charge is 0.453 e. The van der Waals surface area contributed by atoms with Crippen LogP contribution in [0.25, 0.3) is 11.1 Å². The predicted octanol–water partition coefficient (Wildman–Crippen LogP) is 5.15. The van der Waals surface area contributed by atoms with E-state index in [0.717, 1.165) is 74.0 Å². The third-order valence-electron chi connectivity index (χ3n) is 8.00. The molecule has 1 saturated carbocycles. The van der Waals surface area contributed by atoms with Crippen molar-refractivity contribution in [1.82, 2.24) is 15.1 Å². The molecule has 0 amide bonds. The fourth-order valence-corrected chi connectivity index (χ4v) is 5.71. The van der Waals surface area contributed by atoms with Crippen LogP contribution in [0.15, 0.2) is 42.7 Å². The fraction of sp³-hybridized carbons (Fsp3) is 0.448. The highest BCUT2D eigenvalue weighted by Gasteiger charge is 2.39. The van der Waals surface area contributed by atoms with E-state index in [1.54, 1.807) is 6.07 Å². The number of halogens is 1. The minimum absolute atomic E-state index is 0.0762. The molecule has 1 saturated heterocycles. The van der Waals surface area contributed by atoms with Gasteiger partial charge in [0.1, 0.15) is 12.0 Å². The van der Waals surface area contributed by atoms with Crippen molar-refractivity contribution >= 4 is 5.69 Å². The molecule has 192 valence electrons. The number of aliphatic hydroxyl groups excluding tert-OH is 1. The lowest BCUT2D eigenvalue weighted by atomic mass is 9.91. The Bertz CT molecular complexity index is 1340. The van der Waals surface area contributed by atoms with Gasteiger partial charge in [0.2, 0.25) is 0 Å². The first-order valence-corrected chi connectivity index (χ1v) is 13.3. The van der Waals surface area contributed by atoms with E-state index in [1.807, 2.05) is 23.0 Å². The van der Waals surface area contributed by atoms with Gasteiger partial charge in [0.05, 0.1) is 23.9 Å². The van der Waals surface area contributed by atoms with Crippen molar-refractivity contribution in [2.45, 2.75) is 63.8 Å². The predicted molar refractivity (Wildman–Crippen MR) is 139 cm³/mol. The third kappa shape index (κ3) is 4.58. The van der Waals surface area contributed by atoms with E-state index >= 15 is 0 Å². The van der Waals surface area contributed by atoms with E-state index in [1.165, 1.54) is 12.1 Å². The summed E-state index contributed by atoms with van der Waals surface area (Å²) in [5.41, 5.74) is 3.91. The fourth-order valence-electron chi connectivity index (χ4n) is 5.71. The number of fused-ring (bicyclic) bond motifs is 1. The van der Waals surface area contributed by atoms with Crippen molar-refractivity contribution in [3.63, 3.8) is 0 Å². The van der Waals surface area contributed by atoms with Crippen LogP contribution in [-0.4, -0.2) is 40.2 Å². The Hall–Kier alpha value is -3.41. The second-order valence-corrected chi connectivity index (χ2v) is 10.5. The SMILES string of the molecule is C[C@H]1CCc2c(ccc(-c3cnn(C4CCNCC4)c3)c2Oc2ccc(C#N)cc2F)N1C(O)C1CC1. The highest BCUT2D eigenvalue weighted by atomic mass is 19.1. The zero-order valence-corrected chi connectivity index (χ0v) is 21.0. The molecule has 0 bridgehead atoms. The average molecular weight is 502 g/mol. The molecule has 37 heavy (non-hydrogen) atoms. The van der Waals surface area contributed by atoms with Gasteiger partial charge in [-0.15, -0.1) is 0 Å². The normalized spacial score (nSPS) is 20.8. The first-order chi connectivity index (χ1) is 18.0. The minimum atomic E-state index is -0.577. The Morgan fingerprint density at radius 3 is 2.70 bits per heavy atom. The van der Waals surface area contributed by atoms with Gasteiger partial charge in [-0.1, -0.05) is 0 Å². The van der Waals surface area contributed by atoms with Crippen molar-refractivity contribution < 1.29 is 14.2 Å². The molecule has 2 aromatic carbocycles. The molecule has 3 heterocycles. The van der Waals surface area contributed by atoms with Crippen molar-refractivity contribution in [1.29, 1.82) is 5.26 Å². The maximum Gasteiger partial charge on any atom is 0.167 e. The van der Waals surface area contributed by atoms with Crippen LogP contribution >= 0.6 is 0 Å². The molecule has 2 N–H and O–H groups in total. The zero-order chi connectivity index (χ0) is 25.5. The molecule has 1 unspecified atom stereocenters. The van der Waals surface area contributed by atoms with Crippen molar-refractivity contribution in [3.05, 3.63) is 59.7 Å². The summed E-state index contributed by atoms with van der Waals surface area (Å²) in [5, 5.41) is 28.4. The lowest BCUT2D eigenvalue weighted by Crippen LogP contribution is -2.46. The molecular weight excluding hydrogens is 469 g/mol. The second kappa shape index (κ2) is 9.81. The molecule has 1 aliphatic carbocycles. The Morgan fingerprint density at radius 2 is 1.97 bits per heavy atom. The summed E-state index contributed by atoms with van der Waals surface area (Å²) in [6.45, 7) is 4.09. The van der Waals surface area contributed by atoms with Crippen LogP contribution < -0.4 is 15.0 Å². The average Bonchev–Trinajstić information content (AvgIpc) is 3.66. The van der Waals surface area contributed by atoms with Gasteiger partial charge in [0.25, 0.3) is 0 Å². The molecule has 2 atom stereocenters. The van der Waals surface area contributed by atoms with E-state index in [-0.39, 0.29) is 23.3 Å². The molecule has 3 aromatic rings. The number of rotatable bonds is 6. The van der Waals surface area contributed by atoms with Gasteiger partial charge in [-0.2, -0.15) is 10.4 Å². The smallest absolute Gasteiger partial charge is 0.167 e. The maximum atomic E-state index is 15.0. The standard InChI is InChI=1S/C29H32FN5O2/c1-18-2-6-24-26(35(18)29(36)20-4-5-20)8-7-23(21-16-33-34(17-21)22-10-12-32-13-11-22)28(24)37-27-9-3-19(15-31)14-25(27)30/h3,7-9,14,16-18,20,22,29,32,36H,2,4-6,10-13H2,1H3/t18-,29?/m0/s1. The molecule has 7 nitrogen and oxygen atoms in total. The first kappa shape index (κ1) is 24.0. The van der Waals surface area contributed by atoms with Crippen LogP contribution in [0.4, 0.5) is 10.1 Å². The summed E-state index contributed by atoms with van der Waals surface area (Å²) >= 11 is 0. The van der Waals surface area contributed by atoms with Gasteiger partial charge in [-0.3, -0.25) is 4.68 Å². The Balaban J connectivity index is 1.44. The van der Waals surface area contributed by atoms with Crippen molar-refractivity contribution in [3.8, 4) is 28.7 Å². The molecule has 0 radical (unpaired) electrons. The van der Waals surface area contributed by atoms with Gasteiger partial charge < -0.3 is 20.1 Å². The second-order valence-electron chi connectivity index (χ2n) is 10.5. The lowest BCUT2D eigenvalue weighted by Gasteiger charge is -2.41. The lowest BCUT2D eigenvalue weighted by molar-refractivity contribution is 0.133. The summed E-state index contributed by atoms with van der Waals surface area (Å²) in [7, 11) is 0.